The number of methoxy groups -OCH3 is 3. The second-order valence-electron chi connectivity index (χ2n) is 5.75. The molecule has 3 aromatic rings. The van der Waals surface area contributed by atoms with Gasteiger partial charge in [-0.2, -0.15) is 11.3 Å². The first-order valence-electron chi connectivity index (χ1n) is 8.41. The molecule has 152 valence electrons. The van der Waals surface area contributed by atoms with Crippen molar-refractivity contribution in [2.24, 2.45) is 0 Å². The summed E-state index contributed by atoms with van der Waals surface area (Å²) in [6.07, 6.45) is 0.0518. The molecule has 0 saturated heterocycles. The van der Waals surface area contributed by atoms with E-state index in [1.165, 1.54) is 44.8 Å². The number of ether oxygens (including phenoxy) is 3. The van der Waals surface area contributed by atoms with E-state index in [2.05, 4.69) is 15.8 Å². The number of carbonyl (C=O) groups is 2. The molecule has 0 saturated carbocycles. The molecule has 2 amide bonds. The smallest absolute Gasteiger partial charge is 0.269 e. The first-order chi connectivity index (χ1) is 14.0. The fourth-order valence-electron chi connectivity index (χ4n) is 2.53. The highest BCUT2D eigenvalue weighted by Gasteiger charge is 2.17. The molecule has 0 atom stereocenters. The fraction of sp³-hybridized carbons (Fsp3) is 0.211. The van der Waals surface area contributed by atoms with E-state index in [1.54, 1.807) is 11.3 Å². The van der Waals surface area contributed by atoms with Gasteiger partial charge in [-0.15, -0.1) is 11.3 Å². The van der Waals surface area contributed by atoms with Gasteiger partial charge in [0.1, 0.15) is 5.01 Å². The standard InChI is InChI=1S/C19H19N3O5S2/c1-25-14-6-12(7-15(26-2)17(14)27-3)18(24)22-21-16(23)8-13-10-29-19(20-13)11-4-5-28-9-11/h4-7,9-10H,8H2,1-3H3,(H,21,23)(H,22,24). The van der Waals surface area contributed by atoms with Crippen LogP contribution in [-0.2, 0) is 11.2 Å². The average molecular weight is 434 g/mol. The molecule has 2 aromatic heterocycles. The van der Waals surface area contributed by atoms with Gasteiger partial charge in [-0.1, -0.05) is 0 Å². The Morgan fingerprint density at radius 3 is 2.34 bits per heavy atom. The molecule has 0 fully saturated rings. The van der Waals surface area contributed by atoms with Crippen molar-refractivity contribution in [1.82, 2.24) is 15.8 Å². The maximum atomic E-state index is 12.4. The lowest BCUT2D eigenvalue weighted by atomic mass is 10.1. The molecule has 0 aliphatic heterocycles. The molecule has 2 N–H and O–H groups in total. The highest BCUT2D eigenvalue weighted by Crippen LogP contribution is 2.38. The second kappa shape index (κ2) is 9.39. The van der Waals surface area contributed by atoms with Crippen LogP contribution in [0.1, 0.15) is 16.1 Å². The number of rotatable bonds is 7. The van der Waals surface area contributed by atoms with Crippen molar-refractivity contribution in [1.29, 1.82) is 0 Å². The Kier molecular flexibility index (Phi) is 6.68. The van der Waals surface area contributed by atoms with Gasteiger partial charge in [-0.3, -0.25) is 20.4 Å². The number of thiophene rings is 1. The number of aromatic nitrogens is 1. The first kappa shape index (κ1) is 20.6. The summed E-state index contributed by atoms with van der Waals surface area (Å²) in [5.74, 6) is 0.155. The lowest BCUT2D eigenvalue weighted by Gasteiger charge is -2.14. The van der Waals surface area contributed by atoms with Crippen molar-refractivity contribution in [3.05, 3.63) is 45.6 Å². The summed E-state index contributed by atoms with van der Waals surface area (Å²) in [5, 5.41) is 6.66. The molecule has 0 aliphatic rings. The Labute approximate surface area is 175 Å². The zero-order valence-electron chi connectivity index (χ0n) is 16.0. The Balaban J connectivity index is 1.61. The normalized spacial score (nSPS) is 10.3. The molecule has 1 aromatic carbocycles. The number of carbonyl (C=O) groups excluding carboxylic acids is 2. The van der Waals surface area contributed by atoms with Crippen LogP contribution in [0.4, 0.5) is 0 Å². The Hall–Kier alpha value is -3.11. The summed E-state index contributed by atoms with van der Waals surface area (Å²) < 4.78 is 15.7. The number of hydrogen-bond donors (Lipinski definition) is 2. The minimum atomic E-state index is -0.519. The lowest BCUT2D eigenvalue weighted by Crippen LogP contribution is -2.42. The number of nitrogens with zero attached hydrogens (tertiary/aromatic N) is 1. The van der Waals surface area contributed by atoms with Crippen molar-refractivity contribution in [2.45, 2.75) is 6.42 Å². The molecule has 29 heavy (non-hydrogen) atoms. The third kappa shape index (κ3) is 4.84. The number of amides is 2. The summed E-state index contributed by atoms with van der Waals surface area (Å²) in [6, 6.07) is 4.97. The summed E-state index contributed by atoms with van der Waals surface area (Å²) in [4.78, 5) is 29.0. The molecule has 8 nitrogen and oxygen atoms in total. The molecule has 0 radical (unpaired) electrons. The molecule has 3 rings (SSSR count). The fourth-order valence-corrected chi connectivity index (χ4v) is 4.06. The average Bonchev–Trinajstić information content (AvgIpc) is 3.42. The summed E-state index contributed by atoms with van der Waals surface area (Å²) in [7, 11) is 4.39. The van der Waals surface area contributed by atoms with E-state index in [1.807, 2.05) is 22.2 Å². The summed E-state index contributed by atoms with van der Waals surface area (Å²) >= 11 is 3.06. The third-order valence-electron chi connectivity index (χ3n) is 3.90. The van der Waals surface area contributed by atoms with Crippen LogP contribution in [0.3, 0.4) is 0 Å². The molecule has 2 heterocycles. The quantitative estimate of drug-likeness (QED) is 0.556. The highest BCUT2D eigenvalue weighted by molar-refractivity contribution is 7.14. The predicted octanol–water partition coefficient (Wildman–Crippen LogP) is 2.90. The van der Waals surface area contributed by atoms with Crippen molar-refractivity contribution in [3.8, 4) is 27.8 Å². The van der Waals surface area contributed by atoms with Crippen LogP contribution in [0.5, 0.6) is 17.2 Å². The van der Waals surface area contributed by atoms with Gasteiger partial charge in [0.15, 0.2) is 11.5 Å². The molecule has 0 unspecified atom stereocenters. The first-order valence-corrected chi connectivity index (χ1v) is 10.2. The Bertz CT molecular complexity index is 976. The molecule has 0 aliphatic carbocycles. The van der Waals surface area contributed by atoms with E-state index in [4.69, 9.17) is 14.2 Å². The Morgan fingerprint density at radius 1 is 1.03 bits per heavy atom. The summed E-state index contributed by atoms with van der Waals surface area (Å²) in [5.41, 5.74) is 6.68. The number of hydrogen-bond acceptors (Lipinski definition) is 8. The van der Waals surface area contributed by atoms with Crippen LogP contribution in [0.15, 0.2) is 34.3 Å². The van der Waals surface area contributed by atoms with Gasteiger partial charge in [0.2, 0.25) is 11.7 Å². The summed E-state index contributed by atoms with van der Waals surface area (Å²) in [6.45, 7) is 0. The molecular formula is C19H19N3O5S2. The molecule has 0 spiro atoms. The van der Waals surface area contributed by atoms with Crippen LogP contribution in [-0.4, -0.2) is 38.1 Å². The van der Waals surface area contributed by atoms with E-state index in [9.17, 15) is 9.59 Å². The minimum Gasteiger partial charge on any atom is -0.493 e. The number of hydrazine groups is 1. The predicted molar refractivity (Wildman–Crippen MR) is 111 cm³/mol. The van der Waals surface area contributed by atoms with Gasteiger partial charge in [0.05, 0.1) is 33.4 Å². The highest BCUT2D eigenvalue weighted by atomic mass is 32.1. The number of nitrogens with one attached hydrogen (secondary N) is 2. The third-order valence-corrected chi connectivity index (χ3v) is 5.53. The van der Waals surface area contributed by atoms with E-state index >= 15 is 0 Å². The lowest BCUT2D eigenvalue weighted by molar-refractivity contribution is -0.121. The van der Waals surface area contributed by atoms with E-state index in [0.29, 0.717) is 22.9 Å². The van der Waals surface area contributed by atoms with Gasteiger partial charge in [0.25, 0.3) is 5.91 Å². The van der Waals surface area contributed by atoms with E-state index in [0.717, 1.165) is 10.6 Å². The van der Waals surface area contributed by atoms with Crippen LogP contribution < -0.4 is 25.1 Å². The van der Waals surface area contributed by atoms with Crippen LogP contribution in [0, 0.1) is 0 Å². The van der Waals surface area contributed by atoms with Gasteiger partial charge >= 0.3 is 0 Å². The van der Waals surface area contributed by atoms with Crippen molar-refractivity contribution < 1.29 is 23.8 Å². The van der Waals surface area contributed by atoms with Crippen LogP contribution in [0.2, 0.25) is 0 Å². The van der Waals surface area contributed by atoms with Gasteiger partial charge < -0.3 is 14.2 Å². The second-order valence-corrected chi connectivity index (χ2v) is 7.39. The number of benzene rings is 1. The SMILES string of the molecule is COc1cc(C(=O)NNC(=O)Cc2csc(-c3ccsc3)n2)cc(OC)c1OC. The molecule has 10 heteroatoms. The number of thiazole rings is 1. The van der Waals surface area contributed by atoms with Gasteiger partial charge in [-0.25, -0.2) is 4.98 Å². The molecular weight excluding hydrogens is 414 g/mol. The van der Waals surface area contributed by atoms with Crippen molar-refractivity contribution >= 4 is 34.5 Å². The van der Waals surface area contributed by atoms with Crippen molar-refractivity contribution in [3.63, 3.8) is 0 Å². The Morgan fingerprint density at radius 2 is 1.76 bits per heavy atom. The van der Waals surface area contributed by atoms with Gasteiger partial charge in [-0.05, 0) is 23.6 Å². The van der Waals surface area contributed by atoms with Crippen LogP contribution >= 0.6 is 22.7 Å². The van der Waals surface area contributed by atoms with Crippen molar-refractivity contribution in [2.75, 3.05) is 21.3 Å². The largest absolute Gasteiger partial charge is 0.493 e. The molecule has 0 bridgehead atoms. The van der Waals surface area contributed by atoms with Gasteiger partial charge in [0, 0.05) is 21.9 Å². The van der Waals surface area contributed by atoms with E-state index in [-0.39, 0.29) is 17.9 Å². The monoisotopic (exact) mass is 433 g/mol. The zero-order valence-corrected chi connectivity index (χ0v) is 17.6. The topological polar surface area (TPSA) is 98.8 Å². The maximum Gasteiger partial charge on any atom is 0.269 e. The maximum absolute atomic E-state index is 12.4. The van der Waals surface area contributed by atoms with E-state index < -0.39 is 5.91 Å². The van der Waals surface area contributed by atoms with Crippen LogP contribution in [0.25, 0.3) is 10.6 Å². The zero-order chi connectivity index (χ0) is 20.8. The minimum absolute atomic E-state index is 0.0518.